The first-order valence-electron chi connectivity index (χ1n) is 5.27. The molecule has 82 valence electrons. The highest BCUT2D eigenvalue weighted by atomic mass is 16.3. The molecule has 0 saturated heterocycles. The highest BCUT2D eigenvalue weighted by Crippen LogP contribution is 2.35. The second-order valence-electron chi connectivity index (χ2n) is 4.31. The van der Waals surface area contributed by atoms with Gasteiger partial charge in [-0.25, -0.2) is 4.98 Å². The van der Waals surface area contributed by atoms with Gasteiger partial charge in [0.25, 0.3) is 0 Å². The summed E-state index contributed by atoms with van der Waals surface area (Å²) in [6, 6.07) is 3.72. The average Bonchev–Trinajstić information content (AvgIpc) is 2.17. The van der Waals surface area contributed by atoms with Crippen LogP contribution in [-0.2, 0) is 0 Å². The Morgan fingerprint density at radius 2 is 2.27 bits per heavy atom. The highest BCUT2D eigenvalue weighted by molar-refractivity contribution is 5.62. The van der Waals surface area contributed by atoms with Gasteiger partial charge < -0.3 is 16.2 Å². The molecule has 1 fully saturated rings. The molecular formula is C11H17N3O. The standard InChI is InChI=1S/C11H17N3O/c1-8-3-4-9(12)10(13-8)14-11(7-15)5-2-6-11/h3-4,15H,2,5-7,12H2,1H3,(H,13,14). The molecule has 4 nitrogen and oxygen atoms in total. The molecule has 1 heterocycles. The molecular weight excluding hydrogens is 190 g/mol. The Morgan fingerprint density at radius 1 is 1.53 bits per heavy atom. The second kappa shape index (κ2) is 3.70. The Labute approximate surface area is 89.5 Å². The van der Waals surface area contributed by atoms with Crippen LogP contribution in [0, 0.1) is 6.92 Å². The lowest BCUT2D eigenvalue weighted by molar-refractivity contribution is 0.144. The predicted molar refractivity (Wildman–Crippen MR) is 60.7 cm³/mol. The van der Waals surface area contributed by atoms with Crippen LogP contribution in [0.25, 0.3) is 0 Å². The van der Waals surface area contributed by atoms with Crippen molar-refractivity contribution in [1.82, 2.24) is 4.98 Å². The van der Waals surface area contributed by atoms with Crippen molar-refractivity contribution in [3.8, 4) is 0 Å². The molecule has 0 aromatic carbocycles. The molecule has 1 saturated carbocycles. The van der Waals surface area contributed by atoms with Crippen molar-refractivity contribution < 1.29 is 5.11 Å². The Bertz CT molecular complexity index is 355. The van der Waals surface area contributed by atoms with Crippen molar-refractivity contribution >= 4 is 11.5 Å². The van der Waals surface area contributed by atoms with Gasteiger partial charge in [-0.05, 0) is 38.3 Å². The quantitative estimate of drug-likeness (QED) is 0.698. The van der Waals surface area contributed by atoms with Crippen LogP contribution in [-0.4, -0.2) is 22.2 Å². The first-order chi connectivity index (χ1) is 7.15. The van der Waals surface area contributed by atoms with E-state index < -0.39 is 0 Å². The Kier molecular flexibility index (Phi) is 2.52. The minimum Gasteiger partial charge on any atom is -0.396 e. The van der Waals surface area contributed by atoms with Crippen molar-refractivity contribution in [3.63, 3.8) is 0 Å². The number of hydrogen-bond acceptors (Lipinski definition) is 4. The highest BCUT2D eigenvalue weighted by Gasteiger charge is 2.36. The lowest BCUT2D eigenvalue weighted by Crippen LogP contribution is -2.48. The van der Waals surface area contributed by atoms with E-state index in [4.69, 9.17) is 5.73 Å². The van der Waals surface area contributed by atoms with E-state index >= 15 is 0 Å². The fourth-order valence-electron chi connectivity index (χ4n) is 1.84. The van der Waals surface area contributed by atoms with Crippen molar-refractivity contribution in [2.75, 3.05) is 17.7 Å². The third kappa shape index (κ3) is 1.90. The van der Waals surface area contributed by atoms with Gasteiger partial charge in [0.2, 0.25) is 0 Å². The number of nitrogen functional groups attached to an aromatic ring is 1. The summed E-state index contributed by atoms with van der Waals surface area (Å²) < 4.78 is 0. The minimum atomic E-state index is -0.186. The number of nitrogens with one attached hydrogen (secondary N) is 1. The Morgan fingerprint density at radius 3 is 2.80 bits per heavy atom. The smallest absolute Gasteiger partial charge is 0.149 e. The molecule has 15 heavy (non-hydrogen) atoms. The summed E-state index contributed by atoms with van der Waals surface area (Å²) in [6.45, 7) is 2.07. The molecule has 1 aromatic rings. The molecule has 0 amide bonds. The molecule has 0 spiro atoms. The zero-order valence-electron chi connectivity index (χ0n) is 8.95. The molecule has 1 aliphatic carbocycles. The molecule has 1 aromatic heterocycles. The topological polar surface area (TPSA) is 71.2 Å². The number of aliphatic hydroxyl groups is 1. The molecule has 0 aliphatic heterocycles. The maximum Gasteiger partial charge on any atom is 0.149 e. The van der Waals surface area contributed by atoms with Crippen molar-refractivity contribution in [2.24, 2.45) is 0 Å². The number of nitrogens with two attached hydrogens (primary N) is 1. The lowest BCUT2D eigenvalue weighted by Gasteiger charge is -2.41. The number of hydrogen-bond donors (Lipinski definition) is 3. The van der Waals surface area contributed by atoms with E-state index in [-0.39, 0.29) is 12.1 Å². The maximum absolute atomic E-state index is 9.33. The number of rotatable bonds is 3. The Hall–Kier alpha value is -1.29. The zero-order chi connectivity index (χ0) is 10.9. The average molecular weight is 207 g/mol. The minimum absolute atomic E-state index is 0.141. The Balaban J connectivity index is 2.19. The summed E-state index contributed by atoms with van der Waals surface area (Å²) in [4.78, 5) is 4.34. The van der Waals surface area contributed by atoms with Crippen LogP contribution in [0.1, 0.15) is 25.0 Å². The largest absolute Gasteiger partial charge is 0.396 e. The van der Waals surface area contributed by atoms with Gasteiger partial charge in [-0.3, -0.25) is 0 Å². The van der Waals surface area contributed by atoms with Crippen molar-refractivity contribution in [2.45, 2.75) is 31.7 Å². The monoisotopic (exact) mass is 207 g/mol. The van der Waals surface area contributed by atoms with Gasteiger partial charge in [0, 0.05) is 5.69 Å². The van der Waals surface area contributed by atoms with Crippen LogP contribution < -0.4 is 11.1 Å². The first-order valence-corrected chi connectivity index (χ1v) is 5.27. The van der Waals surface area contributed by atoms with E-state index in [0.717, 1.165) is 25.0 Å². The van der Waals surface area contributed by atoms with E-state index in [1.807, 2.05) is 19.1 Å². The molecule has 2 rings (SSSR count). The van der Waals surface area contributed by atoms with E-state index in [1.54, 1.807) is 0 Å². The van der Waals surface area contributed by atoms with E-state index in [2.05, 4.69) is 10.3 Å². The summed E-state index contributed by atoms with van der Waals surface area (Å²) in [5, 5.41) is 12.6. The van der Waals surface area contributed by atoms with E-state index in [1.165, 1.54) is 0 Å². The number of anilines is 2. The number of aromatic nitrogens is 1. The van der Waals surface area contributed by atoms with E-state index in [9.17, 15) is 5.11 Å². The number of aryl methyl sites for hydroxylation is 1. The fourth-order valence-corrected chi connectivity index (χ4v) is 1.84. The van der Waals surface area contributed by atoms with Crippen LogP contribution >= 0.6 is 0 Å². The third-order valence-corrected chi connectivity index (χ3v) is 3.06. The third-order valence-electron chi connectivity index (χ3n) is 3.06. The van der Waals surface area contributed by atoms with Gasteiger partial charge >= 0.3 is 0 Å². The van der Waals surface area contributed by atoms with Crippen LogP contribution in [0.3, 0.4) is 0 Å². The number of pyridine rings is 1. The van der Waals surface area contributed by atoms with Crippen LogP contribution in [0.2, 0.25) is 0 Å². The number of nitrogens with zero attached hydrogens (tertiary/aromatic N) is 1. The molecule has 0 radical (unpaired) electrons. The van der Waals surface area contributed by atoms with Gasteiger partial charge in [-0.15, -0.1) is 0 Å². The predicted octanol–water partition coefficient (Wildman–Crippen LogP) is 1.30. The molecule has 1 aliphatic rings. The van der Waals surface area contributed by atoms with Gasteiger partial charge in [0.05, 0.1) is 17.8 Å². The molecule has 0 atom stereocenters. The number of aliphatic hydroxyl groups excluding tert-OH is 1. The van der Waals surface area contributed by atoms with Gasteiger partial charge in [0.1, 0.15) is 5.82 Å². The van der Waals surface area contributed by atoms with Gasteiger partial charge in [-0.2, -0.15) is 0 Å². The maximum atomic E-state index is 9.33. The normalized spacial score (nSPS) is 18.3. The molecule has 0 unspecified atom stereocenters. The summed E-state index contributed by atoms with van der Waals surface area (Å²) in [5.41, 5.74) is 7.21. The second-order valence-corrected chi connectivity index (χ2v) is 4.31. The fraction of sp³-hybridized carbons (Fsp3) is 0.545. The van der Waals surface area contributed by atoms with Crippen molar-refractivity contribution in [3.05, 3.63) is 17.8 Å². The molecule has 4 heteroatoms. The summed E-state index contributed by atoms with van der Waals surface area (Å²) in [6.07, 6.45) is 3.12. The summed E-state index contributed by atoms with van der Waals surface area (Å²) in [7, 11) is 0. The summed E-state index contributed by atoms with van der Waals surface area (Å²) >= 11 is 0. The summed E-state index contributed by atoms with van der Waals surface area (Å²) in [5.74, 6) is 0.698. The first kappa shape index (κ1) is 10.2. The van der Waals surface area contributed by atoms with Gasteiger partial charge in [0.15, 0.2) is 0 Å². The lowest BCUT2D eigenvalue weighted by atomic mass is 9.77. The van der Waals surface area contributed by atoms with E-state index in [0.29, 0.717) is 11.5 Å². The van der Waals surface area contributed by atoms with Gasteiger partial charge in [-0.1, -0.05) is 0 Å². The SMILES string of the molecule is Cc1ccc(N)c(NC2(CO)CCC2)n1. The molecule has 0 bridgehead atoms. The zero-order valence-corrected chi connectivity index (χ0v) is 8.95. The van der Waals surface area contributed by atoms with Crippen molar-refractivity contribution in [1.29, 1.82) is 0 Å². The van der Waals surface area contributed by atoms with Crippen LogP contribution in [0.4, 0.5) is 11.5 Å². The van der Waals surface area contributed by atoms with Crippen LogP contribution in [0.15, 0.2) is 12.1 Å². The molecule has 4 N–H and O–H groups in total. The van der Waals surface area contributed by atoms with Crippen LogP contribution in [0.5, 0.6) is 0 Å².